The van der Waals surface area contributed by atoms with E-state index < -0.39 is 0 Å². The van der Waals surface area contributed by atoms with E-state index in [9.17, 15) is 0 Å². The third-order valence-corrected chi connectivity index (χ3v) is 4.48. The molecule has 0 fully saturated rings. The van der Waals surface area contributed by atoms with Crippen LogP contribution in [0, 0.1) is 5.92 Å². The van der Waals surface area contributed by atoms with Crippen LogP contribution in [0.25, 0.3) is 0 Å². The zero-order chi connectivity index (χ0) is 12.5. The molecule has 1 aliphatic heterocycles. The minimum atomic E-state index is 0.410. The van der Waals surface area contributed by atoms with E-state index in [4.69, 9.17) is 11.6 Å². The summed E-state index contributed by atoms with van der Waals surface area (Å²) in [6.07, 6.45) is 19.7. The maximum atomic E-state index is 6.46. The minimum Gasteiger partial charge on any atom is -0.292 e. The first-order valence-electron chi connectivity index (χ1n) is 6.57. The van der Waals surface area contributed by atoms with Crippen molar-refractivity contribution in [1.82, 2.24) is 4.90 Å². The topological polar surface area (TPSA) is 3.24 Å². The summed E-state index contributed by atoms with van der Waals surface area (Å²) in [7, 11) is 2.22. The Labute approximate surface area is 114 Å². The maximum absolute atomic E-state index is 6.46. The normalized spacial score (nSPS) is 35.1. The van der Waals surface area contributed by atoms with Gasteiger partial charge >= 0.3 is 0 Å². The van der Waals surface area contributed by atoms with E-state index >= 15 is 0 Å². The molecular weight excluding hydrogens is 242 g/mol. The van der Waals surface area contributed by atoms with Crippen molar-refractivity contribution in [3.63, 3.8) is 0 Å². The molecule has 1 heterocycles. The second-order valence-corrected chi connectivity index (χ2v) is 5.59. The molecule has 0 N–H and O–H groups in total. The van der Waals surface area contributed by atoms with Crippen LogP contribution in [0.5, 0.6) is 0 Å². The first kappa shape index (κ1) is 12.0. The van der Waals surface area contributed by atoms with Crippen molar-refractivity contribution in [2.24, 2.45) is 5.92 Å². The Morgan fingerprint density at radius 1 is 1.17 bits per heavy atom. The Morgan fingerprint density at radius 3 is 2.78 bits per heavy atom. The average Bonchev–Trinajstić information content (AvgIpc) is 2.44. The molecular formula is C16H18ClN. The lowest BCUT2D eigenvalue weighted by Gasteiger charge is -2.42. The summed E-state index contributed by atoms with van der Waals surface area (Å²) < 4.78 is 0. The summed E-state index contributed by atoms with van der Waals surface area (Å²) in [6, 6.07) is 0.851. The molecule has 0 amide bonds. The zero-order valence-corrected chi connectivity index (χ0v) is 11.3. The van der Waals surface area contributed by atoms with Crippen molar-refractivity contribution in [2.75, 3.05) is 7.05 Å². The summed E-state index contributed by atoms with van der Waals surface area (Å²) in [5, 5.41) is 0.940. The van der Waals surface area contributed by atoms with Crippen LogP contribution in [0.15, 0.2) is 59.2 Å². The van der Waals surface area contributed by atoms with Crippen LogP contribution in [-0.4, -0.2) is 24.0 Å². The fraction of sp³-hybridized carbons (Fsp3) is 0.375. The van der Waals surface area contributed by atoms with Crippen molar-refractivity contribution < 1.29 is 0 Å². The highest BCUT2D eigenvalue weighted by Crippen LogP contribution is 2.36. The van der Waals surface area contributed by atoms with Gasteiger partial charge in [0.05, 0.1) is 0 Å². The quantitative estimate of drug-likeness (QED) is 0.692. The van der Waals surface area contributed by atoms with Crippen LogP contribution >= 0.6 is 11.6 Å². The van der Waals surface area contributed by atoms with Crippen LogP contribution < -0.4 is 0 Å². The molecule has 2 heteroatoms. The standard InChI is InChI=1S/C16H18ClN/c1-18-15-10-6-5-9-13(15)14(17)11-16(18)12-7-3-2-4-8-12/h2-7,9,11-12,15-16H,8,10H2,1H3. The van der Waals surface area contributed by atoms with Gasteiger partial charge in [-0.3, -0.25) is 4.90 Å². The van der Waals surface area contributed by atoms with E-state index in [1.807, 2.05) is 0 Å². The summed E-state index contributed by atoms with van der Waals surface area (Å²) in [6.45, 7) is 0. The van der Waals surface area contributed by atoms with Crippen LogP contribution in [-0.2, 0) is 0 Å². The highest BCUT2D eigenvalue weighted by Gasteiger charge is 2.34. The largest absolute Gasteiger partial charge is 0.292 e. The van der Waals surface area contributed by atoms with Gasteiger partial charge in [-0.2, -0.15) is 0 Å². The van der Waals surface area contributed by atoms with Gasteiger partial charge in [0.1, 0.15) is 0 Å². The molecule has 0 bridgehead atoms. The lowest BCUT2D eigenvalue weighted by Crippen LogP contribution is -2.47. The Hall–Kier alpha value is -1.05. The van der Waals surface area contributed by atoms with Gasteiger partial charge in [-0.15, -0.1) is 0 Å². The molecule has 3 aliphatic rings. The predicted molar refractivity (Wildman–Crippen MR) is 77.5 cm³/mol. The molecule has 0 aromatic carbocycles. The smallest absolute Gasteiger partial charge is 0.0429 e. The van der Waals surface area contributed by atoms with Gasteiger partial charge in [0.25, 0.3) is 0 Å². The van der Waals surface area contributed by atoms with Gasteiger partial charge < -0.3 is 0 Å². The van der Waals surface area contributed by atoms with Gasteiger partial charge in [-0.25, -0.2) is 0 Å². The molecule has 0 saturated heterocycles. The van der Waals surface area contributed by atoms with Crippen molar-refractivity contribution >= 4 is 11.6 Å². The Bertz CT molecular complexity index is 481. The molecule has 2 aliphatic carbocycles. The fourth-order valence-electron chi connectivity index (χ4n) is 3.09. The summed E-state index contributed by atoms with van der Waals surface area (Å²) >= 11 is 6.46. The number of fused-ring (bicyclic) bond motifs is 1. The number of halogens is 1. The second kappa shape index (κ2) is 4.91. The van der Waals surface area contributed by atoms with E-state index in [1.165, 1.54) is 5.57 Å². The van der Waals surface area contributed by atoms with E-state index in [2.05, 4.69) is 60.6 Å². The molecule has 0 saturated carbocycles. The van der Waals surface area contributed by atoms with E-state index in [0.29, 0.717) is 18.0 Å². The van der Waals surface area contributed by atoms with Crippen LogP contribution in [0.2, 0.25) is 0 Å². The van der Waals surface area contributed by atoms with Gasteiger partial charge in [0.15, 0.2) is 0 Å². The van der Waals surface area contributed by atoms with E-state index in [1.54, 1.807) is 0 Å². The average molecular weight is 260 g/mol. The van der Waals surface area contributed by atoms with E-state index in [-0.39, 0.29) is 0 Å². The Morgan fingerprint density at radius 2 is 2.00 bits per heavy atom. The first-order chi connectivity index (χ1) is 8.77. The number of hydrogen-bond donors (Lipinski definition) is 0. The Kier molecular flexibility index (Phi) is 3.27. The van der Waals surface area contributed by atoms with Crippen molar-refractivity contribution in [1.29, 1.82) is 0 Å². The molecule has 0 spiro atoms. The summed E-state index contributed by atoms with van der Waals surface area (Å²) in [5.74, 6) is 0.543. The highest BCUT2D eigenvalue weighted by molar-refractivity contribution is 6.32. The maximum Gasteiger partial charge on any atom is 0.0429 e. The monoisotopic (exact) mass is 259 g/mol. The number of nitrogens with zero attached hydrogens (tertiary/aromatic N) is 1. The second-order valence-electron chi connectivity index (χ2n) is 5.18. The number of likely N-dealkylation sites (N-methyl/N-ethyl adjacent to an activating group) is 1. The summed E-state index contributed by atoms with van der Waals surface area (Å²) in [5.41, 5.74) is 1.27. The molecule has 3 atom stereocenters. The van der Waals surface area contributed by atoms with Gasteiger partial charge in [-0.1, -0.05) is 54.1 Å². The molecule has 18 heavy (non-hydrogen) atoms. The number of hydrogen-bond acceptors (Lipinski definition) is 1. The van der Waals surface area contributed by atoms with Gasteiger partial charge in [0.2, 0.25) is 0 Å². The Balaban J connectivity index is 1.91. The molecule has 0 aromatic heterocycles. The lowest BCUT2D eigenvalue weighted by atomic mass is 9.84. The number of allylic oxidation sites excluding steroid dienone is 5. The molecule has 3 rings (SSSR count). The van der Waals surface area contributed by atoms with Gasteiger partial charge in [0, 0.05) is 17.1 Å². The first-order valence-corrected chi connectivity index (χ1v) is 6.95. The number of rotatable bonds is 1. The minimum absolute atomic E-state index is 0.410. The predicted octanol–water partition coefficient (Wildman–Crippen LogP) is 3.81. The van der Waals surface area contributed by atoms with Crippen molar-refractivity contribution in [3.05, 3.63) is 59.2 Å². The van der Waals surface area contributed by atoms with E-state index in [0.717, 1.165) is 17.9 Å². The molecule has 3 unspecified atom stereocenters. The SMILES string of the molecule is CN1C2CC=CC=C2C(Cl)=CC1C1C=CC=CC1. The highest BCUT2D eigenvalue weighted by atomic mass is 35.5. The van der Waals surface area contributed by atoms with Crippen LogP contribution in [0.4, 0.5) is 0 Å². The molecule has 0 radical (unpaired) electrons. The third-order valence-electron chi connectivity index (χ3n) is 4.14. The third kappa shape index (κ3) is 2.02. The zero-order valence-electron chi connectivity index (χ0n) is 10.6. The van der Waals surface area contributed by atoms with Gasteiger partial charge in [-0.05, 0) is 37.5 Å². The van der Waals surface area contributed by atoms with Crippen molar-refractivity contribution in [3.8, 4) is 0 Å². The summed E-state index contributed by atoms with van der Waals surface area (Å²) in [4.78, 5) is 2.47. The molecule has 94 valence electrons. The fourth-order valence-corrected chi connectivity index (χ4v) is 3.41. The molecule has 0 aromatic rings. The van der Waals surface area contributed by atoms with Crippen LogP contribution in [0.3, 0.4) is 0 Å². The molecule has 1 nitrogen and oxygen atoms in total. The lowest BCUT2D eigenvalue weighted by molar-refractivity contribution is 0.185. The van der Waals surface area contributed by atoms with Crippen molar-refractivity contribution in [2.45, 2.75) is 24.9 Å². The van der Waals surface area contributed by atoms with Crippen LogP contribution in [0.1, 0.15) is 12.8 Å².